The predicted octanol–water partition coefficient (Wildman–Crippen LogP) is 4.69. The average Bonchev–Trinajstić information content (AvgIpc) is 2.35. The Morgan fingerprint density at radius 3 is 2.19 bits per heavy atom. The van der Waals surface area contributed by atoms with Crippen LogP contribution >= 0.6 is 12.6 Å². The van der Waals surface area contributed by atoms with Gasteiger partial charge in [-0.25, -0.2) is 0 Å². The van der Waals surface area contributed by atoms with Gasteiger partial charge >= 0.3 is 0 Å². The van der Waals surface area contributed by atoms with Gasteiger partial charge in [0.15, 0.2) is 0 Å². The lowest BCUT2D eigenvalue weighted by Crippen LogP contribution is -1.82. The van der Waals surface area contributed by atoms with E-state index in [2.05, 4.69) is 54.6 Å². The highest BCUT2D eigenvalue weighted by Gasteiger charge is 2.01. The van der Waals surface area contributed by atoms with E-state index in [4.69, 9.17) is 12.6 Å². The third kappa shape index (κ3) is 1.48. The fraction of sp³-hybridized carbons (Fsp3) is 0.0667. The molecule has 1 heteroatoms. The van der Waals surface area contributed by atoms with E-state index in [1.54, 1.807) is 0 Å². The molecule has 0 aliphatic heterocycles. The summed E-state index contributed by atoms with van der Waals surface area (Å²) in [6.07, 6.45) is 0. The zero-order valence-electron chi connectivity index (χ0n) is 8.81. The number of hydrogen-bond donors (Lipinski definition) is 0. The summed E-state index contributed by atoms with van der Waals surface area (Å²) in [5, 5.41) is 5.14. The van der Waals surface area contributed by atoms with Crippen molar-refractivity contribution in [2.45, 2.75) is 5.75 Å². The fourth-order valence-electron chi connectivity index (χ4n) is 2.16. The Bertz CT molecular complexity index is 656. The first-order chi connectivity index (χ1) is 7.88. The molecule has 0 aliphatic rings. The van der Waals surface area contributed by atoms with Crippen molar-refractivity contribution in [3.63, 3.8) is 0 Å². The molecule has 16 heavy (non-hydrogen) atoms. The molecule has 0 fully saturated rings. The molecule has 0 aliphatic carbocycles. The third-order valence-corrected chi connectivity index (χ3v) is 3.30. The Kier molecular flexibility index (Phi) is 2.33. The molecule has 0 heterocycles. The standard InChI is InChI=1S/C15H11S/c16-10-14-7-3-6-13-8-11-4-1-2-5-12(11)9-15(13)14/h1-9H,10H2. The van der Waals surface area contributed by atoms with Gasteiger partial charge in [-0.3, -0.25) is 0 Å². The van der Waals surface area contributed by atoms with E-state index < -0.39 is 0 Å². The van der Waals surface area contributed by atoms with Crippen molar-refractivity contribution in [2.24, 2.45) is 0 Å². The molecule has 0 amide bonds. The first-order valence-corrected chi connectivity index (χ1v) is 5.95. The van der Waals surface area contributed by atoms with Crippen LogP contribution in [0, 0.1) is 0 Å². The first kappa shape index (κ1) is 9.73. The maximum Gasteiger partial charge on any atom is 0.0295 e. The molecule has 77 valence electrons. The van der Waals surface area contributed by atoms with Gasteiger partial charge in [-0.1, -0.05) is 55.1 Å². The van der Waals surface area contributed by atoms with Crippen molar-refractivity contribution in [3.8, 4) is 0 Å². The van der Waals surface area contributed by atoms with Gasteiger partial charge in [0.25, 0.3) is 0 Å². The van der Waals surface area contributed by atoms with Crippen molar-refractivity contribution < 1.29 is 0 Å². The van der Waals surface area contributed by atoms with Gasteiger partial charge in [0.1, 0.15) is 0 Å². The summed E-state index contributed by atoms with van der Waals surface area (Å²) < 4.78 is 0. The summed E-state index contributed by atoms with van der Waals surface area (Å²) in [6, 6.07) is 19.3. The molecule has 0 aromatic heterocycles. The van der Waals surface area contributed by atoms with Crippen LogP contribution in [0.2, 0.25) is 0 Å². The van der Waals surface area contributed by atoms with Gasteiger partial charge in [-0.2, -0.15) is 0 Å². The quantitative estimate of drug-likeness (QED) is 0.525. The van der Waals surface area contributed by atoms with E-state index in [-0.39, 0.29) is 0 Å². The molecule has 0 spiro atoms. The zero-order chi connectivity index (χ0) is 11.0. The van der Waals surface area contributed by atoms with Crippen LogP contribution in [-0.2, 0) is 5.75 Å². The Balaban J connectivity index is 2.46. The molecule has 0 saturated carbocycles. The summed E-state index contributed by atoms with van der Waals surface area (Å²) >= 11 is 5.17. The van der Waals surface area contributed by atoms with Crippen molar-refractivity contribution in [3.05, 3.63) is 60.2 Å². The Morgan fingerprint density at radius 1 is 0.750 bits per heavy atom. The van der Waals surface area contributed by atoms with Crippen LogP contribution in [0.25, 0.3) is 21.5 Å². The van der Waals surface area contributed by atoms with E-state index in [0.717, 1.165) is 0 Å². The lowest BCUT2D eigenvalue weighted by Gasteiger charge is -2.05. The predicted molar refractivity (Wildman–Crippen MR) is 72.7 cm³/mol. The maximum absolute atomic E-state index is 5.17. The van der Waals surface area contributed by atoms with Gasteiger partial charge in [-0.15, -0.1) is 0 Å². The van der Waals surface area contributed by atoms with Crippen LogP contribution in [-0.4, -0.2) is 0 Å². The number of benzene rings is 3. The minimum Gasteiger partial charge on any atom is -0.0890 e. The van der Waals surface area contributed by atoms with E-state index in [1.807, 2.05) is 0 Å². The minimum atomic E-state index is 0.676. The third-order valence-electron chi connectivity index (χ3n) is 2.99. The number of fused-ring (bicyclic) bond motifs is 2. The minimum absolute atomic E-state index is 0.676. The van der Waals surface area contributed by atoms with Gasteiger partial charge in [-0.05, 0) is 39.2 Å². The van der Waals surface area contributed by atoms with Gasteiger partial charge in [0.05, 0.1) is 0 Å². The molecule has 0 unspecified atom stereocenters. The van der Waals surface area contributed by atoms with E-state index in [9.17, 15) is 0 Å². The SMILES string of the molecule is [S]Cc1cccc2cc3ccccc3cc12. The van der Waals surface area contributed by atoms with Crippen molar-refractivity contribution in [1.29, 1.82) is 0 Å². The number of hydrogen-bond acceptors (Lipinski definition) is 0. The van der Waals surface area contributed by atoms with Crippen LogP contribution in [0.15, 0.2) is 54.6 Å². The largest absolute Gasteiger partial charge is 0.0890 e. The van der Waals surface area contributed by atoms with Crippen LogP contribution in [0.3, 0.4) is 0 Å². The van der Waals surface area contributed by atoms with E-state index >= 15 is 0 Å². The van der Waals surface area contributed by atoms with Crippen molar-refractivity contribution in [1.82, 2.24) is 0 Å². The molecule has 0 atom stereocenters. The molecule has 1 radical (unpaired) electrons. The smallest absolute Gasteiger partial charge is 0.0295 e. The fourth-order valence-corrected chi connectivity index (χ4v) is 2.41. The Labute approximate surface area is 100 Å². The second-order valence-electron chi connectivity index (χ2n) is 3.98. The van der Waals surface area contributed by atoms with E-state index in [1.165, 1.54) is 27.1 Å². The molecule has 0 N–H and O–H groups in total. The molecule has 0 nitrogen and oxygen atoms in total. The normalized spacial score (nSPS) is 11.1. The monoisotopic (exact) mass is 223 g/mol. The van der Waals surface area contributed by atoms with Crippen LogP contribution in [0.5, 0.6) is 0 Å². The van der Waals surface area contributed by atoms with Crippen molar-refractivity contribution in [2.75, 3.05) is 0 Å². The number of rotatable bonds is 1. The highest BCUT2D eigenvalue weighted by molar-refractivity contribution is 7.79. The first-order valence-electron chi connectivity index (χ1n) is 5.37. The van der Waals surface area contributed by atoms with Crippen LogP contribution in [0.1, 0.15) is 5.56 Å². The Morgan fingerprint density at radius 2 is 1.44 bits per heavy atom. The Hall–Kier alpha value is -1.47. The van der Waals surface area contributed by atoms with Crippen molar-refractivity contribution >= 4 is 34.2 Å². The molecular formula is C15H11S. The van der Waals surface area contributed by atoms with Gasteiger partial charge in [0.2, 0.25) is 0 Å². The summed E-state index contributed by atoms with van der Waals surface area (Å²) in [6.45, 7) is 0. The summed E-state index contributed by atoms with van der Waals surface area (Å²) in [5.74, 6) is 0.676. The molecule has 0 bridgehead atoms. The zero-order valence-corrected chi connectivity index (χ0v) is 9.63. The van der Waals surface area contributed by atoms with Gasteiger partial charge in [0, 0.05) is 5.75 Å². The van der Waals surface area contributed by atoms with E-state index in [0.29, 0.717) is 5.75 Å². The second-order valence-corrected chi connectivity index (χ2v) is 4.27. The molecule has 3 aromatic rings. The molecule has 0 saturated heterocycles. The summed E-state index contributed by atoms with van der Waals surface area (Å²) in [4.78, 5) is 0. The van der Waals surface area contributed by atoms with Crippen LogP contribution < -0.4 is 0 Å². The summed E-state index contributed by atoms with van der Waals surface area (Å²) in [5.41, 5.74) is 1.25. The topological polar surface area (TPSA) is 0 Å². The lowest BCUT2D eigenvalue weighted by atomic mass is 10.0. The molecular weight excluding hydrogens is 212 g/mol. The highest BCUT2D eigenvalue weighted by atomic mass is 32.1. The average molecular weight is 223 g/mol. The summed E-state index contributed by atoms with van der Waals surface area (Å²) in [7, 11) is 0. The van der Waals surface area contributed by atoms with Crippen LogP contribution in [0.4, 0.5) is 0 Å². The second kappa shape index (κ2) is 3.84. The van der Waals surface area contributed by atoms with Gasteiger partial charge < -0.3 is 0 Å². The molecule has 3 aromatic carbocycles. The maximum atomic E-state index is 5.17. The highest BCUT2D eigenvalue weighted by Crippen LogP contribution is 2.26. The molecule has 3 rings (SSSR count). The lowest BCUT2D eigenvalue weighted by molar-refractivity contribution is 1.48.